The lowest BCUT2D eigenvalue weighted by Crippen LogP contribution is -2.33. The molecule has 1 heterocycles. The molecule has 1 unspecified atom stereocenters. The number of rotatable bonds is 4. The van der Waals surface area contributed by atoms with Gasteiger partial charge in [0.15, 0.2) is 0 Å². The first-order valence-electron chi connectivity index (χ1n) is 6.21. The number of amides is 1. The molecule has 1 aliphatic rings. The Bertz CT molecular complexity index is 430. The molecule has 1 aromatic carbocycles. The van der Waals surface area contributed by atoms with Crippen molar-refractivity contribution >= 4 is 27.5 Å². The Labute approximate surface area is 115 Å². The number of primary amides is 1. The van der Waals surface area contributed by atoms with Crippen molar-refractivity contribution in [1.29, 1.82) is 0 Å². The number of hydrogen-bond acceptors (Lipinski definition) is 3. The summed E-state index contributed by atoms with van der Waals surface area (Å²) in [6.07, 6.45) is 2.51. The minimum absolute atomic E-state index is 0.404. The van der Waals surface area contributed by atoms with Crippen LogP contribution < -0.4 is 16.4 Å². The minimum atomic E-state index is -0.404. The number of nitrogens with one attached hydrogen (secondary N) is 2. The fourth-order valence-electron chi connectivity index (χ4n) is 2.16. The fourth-order valence-corrected chi connectivity index (χ4v) is 2.68. The Morgan fingerprint density at radius 1 is 1.56 bits per heavy atom. The second-order valence-corrected chi connectivity index (χ2v) is 5.51. The maximum absolute atomic E-state index is 11.0. The van der Waals surface area contributed by atoms with Gasteiger partial charge in [0.25, 0.3) is 0 Å². The first-order chi connectivity index (χ1) is 8.66. The number of nitrogens with two attached hydrogens (primary N) is 1. The number of piperidine rings is 1. The largest absolute Gasteiger partial charge is 0.384 e. The maximum Gasteiger partial charge on any atom is 0.248 e. The third-order valence-electron chi connectivity index (χ3n) is 3.23. The van der Waals surface area contributed by atoms with Crippen LogP contribution in [0.3, 0.4) is 0 Å². The van der Waals surface area contributed by atoms with Gasteiger partial charge in [0.1, 0.15) is 0 Å². The van der Waals surface area contributed by atoms with Crippen LogP contribution in [0.25, 0.3) is 0 Å². The second kappa shape index (κ2) is 6.20. The summed E-state index contributed by atoms with van der Waals surface area (Å²) in [6, 6.07) is 5.39. The summed E-state index contributed by atoms with van der Waals surface area (Å²) in [5, 5.41) is 6.81. The first-order valence-corrected chi connectivity index (χ1v) is 7.00. The molecule has 0 spiro atoms. The number of carbonyl (C=O) groups excluding carboxylic acids is 1. The lowest BCUT2D eigenvalue weighted by Gasteiger charge is -2.23. The van der Waals surface area contributed by atoms with Crippen LogP contribution in [0, 0.1) is 5.92 Å². The molecule has 4 nitrogen and oxygen atoms in total. The van der Waals surface area contributed by atoms with Crippen LogP contribution in [0.1, 0.15) is 23.2 Å². The van der Waals surface area contributed by atoms with E-state index in [0.717, 1.165) is 29.8 Å². The van der Waals surface area contributed by atoms with Crippen molar-refractivity contribution in [3.63, 3.8) is 0 Å². The number of anilines is 1. The van der Waals surface area contributed by atoms with Crippen molar-refractivity contribution in [3.05, 3.63) is 28.2 Å². The quantitative estimate of drug-likeness (QED) is 0.796. The van der Waals surface area contributed by atoms with Crippen molar-refractivity contribution in [2.75, 3.05) is 25.0 Å². The van der Waals surface area contributed by atoms with E-state index in [1.165, 1.54) is 12.8 Å². The fraction of sp³-hybridized carbons (Fsp3) is 0.462. The Morgan fingerprint density at radius 3 is 3.00 bits per heavy atom. The molecule has 0 saturated carbocycles. The zero-order valence-electron chi connectivity index (χ0n) is 10.2. The molecule has 0 radical (unpaired) electrons. The summed E-state index contributed by atoms with van der Waals surface area (Å²) in [5.74, 6) is 0.264. The van der Waals surface area contributed by atoms with Gasteiger partial charge < -0.3 is 16.4 Å². The van der Waals surface area contributed by atoms with Crippen molar-refractivity contribution in [3.8, 4) is 0 Å². The average molecular weight is 312 g/mol. The molecule has 0 aromatic heterocycles. The Kier molecular flexibility index (Phi) is 4.60. The molecule has 1 amide bonds. The summed E-state index contributed by atoms with van der Waals surface area (Å²) in [6.45, 7) is 3.15. The Morgan fingerprint density at radius 2 is 2.39 bits per heavy atom. The highest BCUT2D eigenvalue weighted by atomic mass is 79.9. The van der Waals surface area contributed by atoms with Gasteiger partial charge in [-0.3, -0.25) is 4.79 Å². The van der Waals surface area contributed by atoms with Crippen LogP contribution in [0.2, 0.25) is 0 Å². The molecule has 2 rings (SSSR count). The molecule has 0 aliphatic carbocycles. The van der Waals surface area contributed by atoms with Gasteiger partial charge in [-0.1, -0.05) is 0 Å². The predicted molar refractivity (Wildman–Crippen MR) is 76.7 cm³/mol. The molecular formula is C13H18BrN3O. The molecule has 1 aromatic rings. The molecule has 1 atom stereocenters. The molecule has 0 bridgehead atoms. The van der Waals surface area contributed by atoms with Gasteiger partial charge in [-0.25, -0.2) is 0 Å². The normalized spacial score (nSPS) is 19.5. The van der Waals surface area contributed by atoms with E-state index in [1.807, 2.05) is 6.07 Å². The van der Waals surface area contributed by atoms with E-state index in [2.05, 4.69) is 26.6 Å². The second-order valence-electron chi connectivity index (χ2n) is 4.65. The topological polar surface area (TPSA) is 67.2 Å². The van der Waals surface area contributed by atoms with Crippen molar-refractivity contribution < 1.29 is 4.79 Å². The van der Waals surface area contributed by atoms with Crippen LogP contribution in [0.15, 0.2) is 22.7 Å². The molecule has 1 fully saturated rings. The van der Waals surface area contributed by atoms with Crippen LogP contribution in [0.5, 0.6) is 0 Å². The molecular weight excluding hydrogens is 294 g/mol. The van der Waals surface area contributed by atoms with Crippen LogP contribution in [-0.2, 0) is 0 Å². The molecule has 4 N–H and O–H groups in total. The lowest BCUT2D eigenvalue weighted by atomic mass is 10.00. The molecule has 98 valence electrons. The standard InChI is InChI=1S/C13H18BrN3O/c14-11-6-10(13(15)18)3-4-12(11)17-8-9-2-1-5-16-7-9/h3-4,6,9,16-17H,1-2,5,7-8H2,(H2,15,18). The summed E-state index contributed by atoms with van der Waals surface area (Å²) in [7, 11) is 0. The summed E-state index contributed by atoms with van der Waals surface area (Å²) in [5.41, 5.74) is 6.76. The molecule has 1 aliphatic heterocycles. The maximum atomic E-state index is 11.0. The summed E-state index contributed by atoms with van der Waals surface area (Å²) in [4.78, 5) is 11.0. The number of halogens is 1. The van der Waals surface area contributed by atoms with E-state index in [-0.39, 0.29) is 0 Å². The lowest BCUT2D eigenvalue weighted by molar-refractivity contribution is 0.100. The third-order valence-corrected chi connectivity index (χ3v) is 3.89. The highest BCUT2D eigenvalue weighted by Crippen LogP contribution is 2.24. The van der Waals surface area contributed by atoms with Crippen LogP contribution in [0.4, 0.5) is 5.69 Å². The van der Waals surface area contributed by atoms with Crippen LogP contribution >= 0.6 is 15.9 Å². The highest BCUT2D eigenvalue weighted by molar-refractivity contribution is 9.10. The zero-order chi connectivity index (χ0) is 13.0. The zero-order valence-corrected chi connectivity index (χ0v) is 11.8. The Hall–Kier alpha value is -1.07. The van der Waals surface area contributed by atoms with Gasteiger partial charge in [-0.2, -0.15) is 0 Å². The Balaban J connectivity index is 1.94. The first kappa shape index (κ1) is 13.4. The molecule has 5 heteroatoms. The third kappa shape index (κ3) is 3.46. The smallest absolute Gasteiger partial charge is 0.248 e. The van der Waals surface area contributed by atoms with Gasteiger partial charge in [-0.15, -0.1) is 0 Å². The van der Waals surface area contributed by atoms with Crippen molar-refractivity contribution in [1.82, 2.24) is 5.32 Å². The number of benzene rings is 1. The van der Waals surface area contributed by atoms with Gasteiger partial charge in [0.2, 0.25) is 5.91 Å². The van der Waals surface area contributed by atoms with Gasteiger partial charge in [-0.05, 0) is 66.0 Å². The van der Waals surface area contributed by atoms with E-state index in [4.69, 9.17) is 5.73 Å². The van der Waals surface area contributed by atoms with E-state index >= 15 is 0 Å². The van der Waals surface area contributed by atoms with Crippen LogP contribution in [-0.4, -0.2) is 25.5 Å². The van der Waals surface area contributed by atoms with E-state index in [9.17, 15) is 4.79 Å². The number of carbonyl (C=O) groups is 1. The van der Waals surface area contributed by atoms with Crippen molar-refractivity contribution in [2.24, 2.45) is 11.7 Å². The van der Waals surface area contributed by atoms with Gasteiger partial charge in [0.05, 0.1) is 0 Å². The minimum Gasteiger partial charge on any atom is -0.384 e. The SMILES string of the molecule is NC(=O)c1ccc(NCC2CCCNC2)c(Br)c1. The molecule has 1 saturated heterocycles. The van der Waals surface area contributed by atoms with Gasteiger partial charge >= 0.3 is 0 Å². The van der Waals surface area contributed by atoms with E-state index < -0.39 is 5.91 Å². The monoisotopic (exact) mass is 311 g/mol. The predicted octanol–water partition coefficient (Wildman–Crippen LogP) is 1.96. The summed E-state index contributed by atoms with van der Waals surface area (Å²) >= 11 is 3.45. The molecule has 18 heavy (non-hydrogen) atoms. The van der Waals surface area contributed by atoms with Crippen molar-refractivity contribution in [2.45, 2.75) is 12.8 Å². The highest BCUT2D eigenvalue weighted by Gasteiger charge is 2.13. The van der Waals surface area contributed by atoms with E-state index in [0.29, 0.717) is 11.5 Å². The van der Waals surface area contributed by atoms with E-state index in [1.54, 1.807) is 12.1 Å². The van der Waals surface area contributed by atoms with Gasteiger partial charge in [0, 0.05) is 22.3 Å². The number of hydrogen-bond donors (Lipinski definition) is 3. The average Bonchev–Trinajstić information content (AvgIpc) is 2.38. The summed E-state index contributed by atoms with van der Waals surface area (Å²) < 4.78 is 0.877.